The lowest BCUT2D eigenvalue weighted by Crippen LogP contribution is -2.08. The highest BCUT2D eigenvalue weighted by Gasteiger charge is 2.15. The van der Waals surface area contributed by atoms with Crippen LogP contribution in [-0.4, -0.2) is 45.3 Å². The van der Waals surface area contributed by atoms with Crippen molar-refractivity contribution in [3.8, 4) is 11.1 Å². The van der Waals surface area contributed by atoms with E-state index >= 15 is 0 Å². The van der Waals surface area contributed by atoms with Crippen molar-refractivity contribution in [3.63, 3.8) is 0 Å². The van der Waals surface area contributed by atoms with E-state index in [1.165, 1.54) is 4.57 Å². The van der Waals surface area contributed by atoms with Gasteiger partial charge in [-0.15, -0.1) is 5.10 Å². The second-order valence-electron chi connectivity index (χ2n) is 6.90. The van der Waals surface area contributed by atoms with Gasteiger partial charge in [-0.1, -0.05) is 0 Å². The van der Waals surface area contributed by atoms with E-state index in [1.54, 1.807) is 34.7 Å². The van der Waals surface area contributed by atoms with Crippen LogP contribution in [0.2, 0.25) is 0 Å². The standard InChI is InChI=1S/C19H17F2N9/c1-11-25-18-15(29(11)10-17(20)21)5-12(6-22-18)14-3-4-30-16(14)8-23-19(27-30)26-13-7-24-28(2)9-13/h3-9,17H,10H2,1-2H3,(H,26,27). The van der Waals surface area contributed by atoms with Crippen molar-refractivity contribution < 1.29 is 8.78 Å². The Hall–Kier alpha value is -3.89. The predicted octanol–water partition coefficient (Wildman–Crippen LogP) is 3.19. The summed E-state index contributed by atoms with van der Waals surface area (Å²) in [5.41, 5.74) is 4.18. The molecule has 0 amide bonds. The number of pyridine rings is 1. The fraction of sp³-hybridized carbons (Fsp3) is 0.211. The molecule has 1 N–H and O–H groups in total. The molecule has 0 atom stereocenters. The molecule has 0 aliphatic heterocycles. The molecule has 0 aliphatic carbocycles. The summed E-state index contributed by atoms with van der Waals surface area (Å²) in [4.78, 5) is 13.0. The number of imidazole rings is 1. The zero-order valence-corrected chi connectivity index (χ0v) is 16.2. The van der Waals surface area contributed by atoms with Crippen LogP contribution in [0.25, 0.3) is 27.8 Å². The molecule has 5 heterocycles. The average molecular weight is 409 g/mol. The molecule has 0 saturated carbocycles. The minimum Gasteiger partial charge on any atom is -0.321 e. The van der Waals surface area contributed by atoms with Crippen LogP contribution in [0.1, 0.15) is 5.82 Å². The number of anilines is 2. The van der Waals surface area contributed by atoms with Gasteiger partial charge < -0.3 is 9.88 Å². The Bertz CT molecular complexity index is 1370. The summed E-state index contributed by atoms with van der Waals surface area (Å²) in [6.45, 7) is 1.28. The Morgan fingerprint density at radius 1 is 1.13 bits per heavy atom. The molecular weight excluding hydrogens is 392 g/mol. The lowest BCUT2D eigenvalue weighted by atomic mass is 10.1. The highest BCUT2D eigenvalue weighted by Crippen LogP contribution is 2.28. The molecule has 30 heavy (non-hydrogen) atoms. The van der Waals surface area contributed by atoms with E-state index in [2.05, 4.69) is 30.5 Å². The first-order chi connectivity index (χ1) is 14.5. The molecule has 5 aromatic heterocycles. The summed E-state index contributed by atoms with van der Waals surface area (Å²) in [6, 6.07) is 3.71. The number of nitrogens with zero attached hydrogens (tertiary/aromatic N) is 8. The maximum atomic E-state index is 13.0. The van der Waals surface area contributed by atoms with Crippen molar-refractivity contribution in [2.45, 2.75) is 19.9 Å². The van der Waals surface area contributed by atoms with E-state index in [4.69, 9.17) is 0 Å². The van der Waals surface area contributed by atoms with Crippen LogP contribution < -0.4 is 5.32 Å². The Balaban J connectivity index is 1.53. The second-order valence-corrected chi connectivity index (χ2v) is 6.90. The third-order valence-electron chi connectivity index (χ3n) is 4.81. The average Bonchev–Trinajstić information content (AvgIpc) is 3.39. The van der Waals surface area contributed by atoms with Gasteiger partial charge in [-0.3, -0.25) is 4.68 Å². The van der Waals surface area contributed by atoms with Gasteiger partial charge in [0.25, 0.3) is 6.43 Å². The number of aryl methyl sites for hydroxylation is 2. The molecule has 0 bridgehead atoms. The van der Waals surface area contributed by atoms with Crippen molar-refractivity contribution in [2.24, 2.45) is 7.05 Å². The molecule has 5 rings (SSSR count). The molecule has 0 saturated heterocycles. The fourth-order valence-corrected chi connectivity index (χ4v) is 3.45. The third kappa shape index (κ3) is 3.13. The zero-order valence-electron chi connectivity index (χ0n) is 16.2. The molecule has 0 aliphatic rings. The number of rotatable bonds is 5. The number of alkyl halides is 2. The maximum Gasteiger partial charge on any atom is 0.256 e. The highest BCUT2D eigenvalue weighted by atomic mass is 19.3. The number of halogens is 2. The SMILES string of the molecule is Cc1nc2ncc(-c3ccn4nc(Nc5cnn(C)c5)ncc34)cc2n1CC(F)F. The molecule has 0 fully saturated rings. The molecule has 0 unspecified atom stereocenters. The van der Waals surface area contributed by atoms with Gasteiger partial charge in [-0.25, -0.2) is 28.2 Å². The van der Waals surface area contributed by atoms with E-state index in [0.717, 1.165) is 22.3 Å². The highest BCUT2D eigenvalue weighted by molar-refractivity contribution is 5.85. The van der Waals surface area contributed by atoms with Gasteiger partial charge in [0, 0.05) is 36.8 Å². The van der Waals surface area contributed by atoms with E-state index < -0.39 is 13.0 Å². The van der Waals surface area contributed by atoms with E-state index in [9.17, 15) is 8.78 Å². The lowest BCUT2D eigenvalue weighted by Gasteiger charge is -2.07. The molecule has 0 aromatic carbocycles. The van der Waals surface area contributed by atoms with Gasteiger partial charge in [0.05, 0.1) is 35.7 Å². The minimum atomic E-state index is -2.47. The molecule has 0 radical (unpaired) electrons. The van der Waals surface area contributed by atoms with Crippen molar-refractivity contribution >= 4 is 28.3 Å². The van der Waals surface area contributed by atoms with Crippen molar-refractivity contribution in [1.29, 1.82) is 0 Å². The van der Waals surface area contributed by atoms with Crippen LogP contribution in [0.3, 0.4) is 0 Å². The number of hydrogen-bond acceptors (Lipinski definition) is 6. The van der Waals surface area contributed by atoms with E-state index in [1.807, 2.05) is 31.6 Å². The number of nitrogens with one attached hydrogen (secondary N) is 1. The molecule has 0 spiro atoms. The van der Waals surface area contributed by atoms with Crippen molar-refractivity contribution in [2.75, 3.05) is 5.32 Å². The molecule has 5 aromatic rings. The van der Waals surface area contributed by atoms with Crippen molar-refractivity contribution in [3.05, 3.63) is 48.9 Å². The maximum absolute atomic E-state index is 13.0. The summed E-state index contributed by atoms with van der Waals surface area (Å²) < 4.78 is 30.8. The third-order valence-corrected chi connectivity index (χ3v) is 4.81. The Morgan fingerprint density at radius 2 is 2.00 bits per heavy atom. The fourth-order valence-electron chi connectivity index (χ4n) is 3.45. The first-order valence-electron chi connectivity index (χ1n) is 9.19. The van der Waals surface area contributed by atoms with Gasteiger partial charge in [0.15, 0.2) is 5.65 Å². The van der Waals surface area contributed by atoms with E-state index in [0.29, 0.717) is 22.9 Å². The number of fused-ring (bicyclic) bond motifs is 2. The van der Waals surface area contributed by atoms with Gasteiger partial charge in [-0.05, 0) is 19.1 Å². The summed E-state index contributed by atoms with van der Waals surface area (Å²) in [7, 11) is 1.83. The first kappa shape index (κ1) is 18.2. The normalized spacial score (nSPS) is 11.8. The smallest absolute Gasteiger partial charge is 0.256 e. The van der Waals surface area contributed by atoms with Crippen LogP contribution in [-0.2, 0) is 13.6 Å². The van der Waals surface area contributed by atoms with Crippen molar-refractivity contribution in [1.82, 2.24) is 38.9 Å². The molecule has 9 nitrogen and oxygen atoms in total. The second kappa shape index (κ2) is 6.87. The zero-order chi connectivity index (χ0) is 20.8. The van der Waals surface area contributed by atoms with Gasteiger partial charge in [0.2, 0.25) is 5.95 Å². The van der Waals surface area contributed by atoms with Crippen LogP contribution >= 0.6 is 0 Å². The summed E-state index contributed by atoms with van der Waals surface area (Å²) in [6.07, 6.45) is 6.22. The monoisotopic (exact) mass is 409 g/mol. The molecule has 11 heteroatoms. The van der Waals surface area contributed by atoms with Crippen LogP contribution in [0, 0.1) is 6.92 Å². The van der Waals surface area contributed by atoms with Gasteiger partial charge in [-0.2, -0.15) is 5.10 Å². The van der Waals surface area contributed by atoms with Gasteiger partial charge in [0.1, 0.15) is 5.82 Å². The largest absolute Gasteiger partial charge is 0.321 e. The molecule has 152 valence electrons. The van der Waals surface area contributed by atoms with Crippen LogP contribution in [0.15, 0.2) is 43.1 Å². The lowest BCUT2D eigenvalue weighted by molar-refractivity contribution is 0.127. The first-order valence-corrected chi connectivity index (χ1v) is 9.19. The van der Waals surface area contributed by atoms with E-state index in [-0.39, 0.29) is 0 Å². The van der Waals surface area contributed by atoms with Gasteiger partial charge >= 0.3 is 0 Å². The Morgan fingerprint density at radius 3 is 2.77 bits per heavy atom. The quantitative estimate of drug-likeness (QED) is 0.479. The summed E-state index contributed by atoms with van der Waals surface area (Å²) >= 11 is 0. The number of hydrogen-bond donors (Lipinski definition) is 1. The molecular formula is C19H17F2N9. The summed E-state index contributed by atoms with van der Waals surface area (Å²) in [5, 5.41) is 11.7. The minimum absolute atomic E-state index is 0.420. The Kier molecular flexibility index (Phi) is 4.16. The van der Waals surface area contributed by atoms with Crippen LogP contribution in [0.5, 0.6) is 0 Å². The predicted molar refractivity (Wildman–Crippen MR) is 107 cm³/mol. The number of aromatic nitrogens is 8. The topological polar surface area (TPSA) is 90.8 Å². The summed E-state index contributed by atoms with van der Waals surface area (Å²) in [5.74, 6) is 0.933. The Labute approximate surface area is 169 Å². The van der Waals surface area contributed by atoms with Crippen LogP contribution in [0.4, 0.5) is 20.4 Å².